The van der Waals surface area contributed by atoms with Crippen molar-refractivity contribution in [2.24, 2.45) is 5.16 Å². The Bertz CT molecular complexity index is 1020. The van der Waals surface area contributed by atoms with Gasteiger partial charge >= 0.3 is 6.09 Å². The van der Waals surface area contributed by atoms with Crippen molar-refractivity contribution >= 4 is 51.5 Å². The molecule has 0 aliphatic carbocycles. The van der Waals surface area contributed by atoms with Crippen molar-refractivity contribution in [1.82, 2.24) is 0 Å². The lowest BCUT2D eigenvalue weighted by atomic mass is 10.0. The van der Waals surface area contributed by atoms with Crippen LogP contribution >= 0.6 is 23.2 Å². The van der Waals surface area contributed by atoms with Crippen LogP contribution in [0.5, 0.6) is 5.75 Å². The summed E-state index contributed by atoms with van der Waals surface area (Å²) in [7, 11) is 0. The second-order valence-corrected chi connectivity index (χ2v) is 6.31. The van der Waals surface area contributed by atoms with Gasteiger partial charge in [0, 0.05) is 16.6 Å². The Hall–Kier alpha value is -2.76. The van der Waals surface area contributed by atoms with Gasteiger partial charge in [-0.1, -0.05) is 58.7 Å². The predicted molar refractivity (Wildman–Crippen MR) is 104 cm³/mol. The number of hydrogen-bond donors (Lipinski definition) is 2. The number of nitrogens with one attached hydrogen (secondary N) is 1. The van der Waals surface area contributed by atoms with E-state index in [1.165, 1.54) is 6.07 Å². The van der Waals surface area contributed by atoms with E-state index in [4.69, 9.17) is 28.0 Å². The molecule has 1 amide bonds. The highest BCUT2D eigenvalue weighted by Gasteiger charge is 2.11. The lowest BCUT2D eigenvalue weighted by molar-refractivity contribution is 0.166. The number of rotatable bonds is 3. The molecular weight excluding hydrogens is 375 g/mol. The first-order valence-electron chi connectivity index (χ1n) is 7.64. The van der Waals surface area contributed by atoms with Crippen LogP contribution in [0.4, 0.5) is 10.5 Å². The van der Waals surface area contributed by atoms with Crippen molar-refractivity contribution in [2.75, 3.05) is 5.32 Å². The van der Waals surface area contributed by atoms with E-state index in [1.54, 1.807) is 31.2 Å². The monoisotopic (exact) mass is 388 g/mol. The molecule has 0 spiro atoms. The number of hydrogen-bond acceptors (Lipinski definition) is 4. The normalized spacial score (nSPS) is 11.4. The average molecular weight is 389 g/mol. The van der Waals surface area contributed by atoms with Gasteiger partial charge in [-0.15, -0.1) is 0 Å². The molecule has 132 valence electrons. The topological polar surface area (TPSA) is 70.9 Å². The first-order valence-corrected chi connectivity index (χ1v) is 8.40. The minimum absolute atomic E-state index is 0.0813. The first-order chi connectivity index (χ1) is 12.5. The molecule has 0 unspecified atom stereocenters. The molecule has 3 rings (SSSR count). The molecule has 2 N–H and O–H groups in total. The molecule has 26 heavy (non-hydrogen) atoms. The standard InChI is InChI=1S/C19H14Cl2N2O3/c1-11(14-8-6-12-4-2-3-5-15(12)18(14)24)23-26-19(25)22-13-7-9-16(20)17(21)10-13/h2-10,24H,1H3,(H,22,25)/b23-11+. The van der Waals surface area contributed by atoms with E-state index >= 15 is 0 Å². The lowest BCUT2D eigenvalue weighted by Gasteiger charge is -2.08. The number of phenols is 1. The van der Waals surface area contributed by atoms with Crippen LogP contribution in [0.15, 0.2) is 59.8 Å². The van der Waals surface area contributed by atoms with Crippen LogP contribution < -0.4 is 5.32 Å². The summed E-state index contributed by atoms with van der Waals surface area (Å²) in [5.74, 6) is 0.0813. The largest absolute Gasteiger partial charge is 0.507 e. The van der Waals surface area contributed by atoms with Gasteiger partial charge in [-0.2, -0.15) is 0 Å². The van der Waals surface area contributed by atoms with E-state index in [0.717, 1.165) is 5.39 Å². The van der Waals surface area contributed by atoms with E-state index in [-0.39, 0.29) is 5.75 Å². The molecule has 0 saturated heterocycles. The van der Waals surface area contributed by atoms with E-state index in [0.29, 0.717) is 32.4 Å². The molecule has 0 aromatic heterocycles. The van der Waals surface area contributed by atoms with Crippen LogP contribution in [0.1, 0.15) is 12.5 Å². The van der Waals surface area contributed by atoms with E-state index in [9.17, 15) is 9.90 Å². The summed E-state index contributed by atoms with van der Waals surface area (Å²) >= 11 is 11.7. The molecule has 0 bridgehead atoms. The molecule has 0 aliphatic heterocycles. The third-order valence-corrected chi connectivity index (χ3v) is 4.46. The maximum Gasteiger partial charge on any atom is 0.437 e. The van der Waals surface area contributed by atoms with Gasteiger partial charge in [0.1, 0.15) is 5.75 Å². The van der Waals surface area contributed by atoms with Crippen molar-refractivity contribution < 1.29 is 14.7 Å². The maximum absolute atomic E-state index is 11.9. The molecule has 0 fully saturated rings. The number of fused-ring (bicyclic) bond motifs is 1. The molecule has 0 radical (unpaired) electrons. The van der Waals surface area contributed by atoms with Gasteiger partial charge in [-0.05, 0) is 36.6 Å². The molecule has 3 aromatic carbocycles. The van der Waals surface area contributed by atoms with Gasteiger partial charge in [0.2, 0.25) is 0 Å². The molecule has 3 aromatic rings. The average Bonchev–Trinajstić information content (AvgIpc) is 2.63. The Kier molecular flexibility index (Phi) is 5.30. The van der Waals surface area contributed by atoms with Gasteiger partial charge in [0.05, 0.1) is 15.8 Å². The van der Waals surface area contributed by atoms with Gasteiger partial charge in [-0.3, -0.25) is 10.2 Å². The lowest BCUT2D eigenvalue weighted by Crippen LogP contribution is -2.12. The summed E-state index contributed by atoms with van der Waals surface area (Å²) in [5, 5.41) is 19.0. The summed E-state index contributed by atoms with van der Waals surface area (Å²) < 4.78 is 0. The zero-order valence-electron chi connectivity index (χ0n) is 13.7. The van der Waals surface area contributed by atoms with Crippen molar-refractivity contribution in [3.63, 3.8) is 0 Å². The van der Waals surface area contributed by atoms with Crippen molar-refractivity contribution in [3.8, 4) is 5.75 Å². The maximum atomic E-state index is 11.9. The number of anilines is 1. The van der Waals surface area contributed by atoms with E-state index < -0.39 is 6.09 Å². The predicted octanol–water partition coefficient (Wildman–Crippen LogP) is 5.82. The van der Waals surface area contributed by atoms with Gasteiger partial charge in [0.25, 0.3) is 0 Å². The highest BCUT2D eigenvalue weighted by molar-refractivity contribution is 6.42. The minimum Gasteiger partial charge on any atom is -0.507 e. The van der Waals surface area contributed by atoms with Crippen molar-refractivity contribution in [3.05, 3.63) is 70.2 Å². The summed E-state index contributed by atoms with van der Waals surface area (Å²) in [6, 6.07) is 15.6. The second kappa shape index (κ2) is 7.64. The molecular formula is C19H14Cl2N2O3. The zero-order chi connectivity index (χ0) is 18.7. The Morgan fingerprint density at radius 3 is 2.62 bits per heavy atom. The Balaban J connectivity index is 1.74. The molecule has 0 aliphatic rings. The van der Waals surface area contributed by atoms with Gasteiger partial charge in [0.15, 0.2) is 0 Å². The number of amides is 1. The number of nitrogens with zero attached hydrogens (tertiary/aromatic N) is 1. The number of benzene rings is 3. The SMILES string of the molecule is C/C(=N\OC(=O)Nc1ccc(Cl)c(Cl)c1)c1ccc2ccccc2c1O. The van der Waals surface area contributed by atoms with Gasteiger partial charge in [-0.25, -0.2) is 4.79 Å². The Morgan fingerprint density at radius 1 is 1.08 bits per heavy atom. The molecule has 5 nitrogen and oxygen atoms in total. The van der Waals surface area contributed by atoms with Crippen molar-refractivity contribution in [1.29, 1.82) is 0 Å². The number of aromatic hydroxyl groups is 1. The van der Waals surface area contributed by atoms with E-state index in [2.05, 4.69) is 10.5 Å². The van der Waals surface area contributed by atoms with E-state index in [1.807, 2.05) is 24.3 Å². The Morgan fingerprint density at radius 2 is 1.85 bits per heavy atom. The summed E-state index contributed by atoms with van der Waals surface area (Å²) in [6.07, 6.45) is -0.789. The number of carbonyl (C=O) groups excluding carboxylic acids is 1. The van der Waals surface area contributed by atoms with Crippen LogP contribution in [0.2, 0.25) is 10.0 Å². The first kappa shape index (κ1) is 18.0. The molecule has 0 atom stereocenters. The smallest absolute Gasteiger partial charge is 0.437 e. The summed E-state index contributed by atoms with van der Waals surface area (Å²) in [6.45, 7) is 1.64. The molecule has 0 saturated carbocycles. The van der Waals surface area contributed by atoms with Crippen LogP contribution in [-0.2, 0) is 4.84 Å². The fourth-order valence-electron chi connectivity index (χ4n) is 2.42. The number of halogens is 2. The molecule has 7 heteroatoms. The highest BCUT2D eigenvalue weighted by atomic mass is 35.5. The number of carbonyl (C=O) groups is 1. The fourth-order valence-corrected chi connectivity index (χ4v) is 2.72. The van der Waals surface area contributed by atoms with Crippen molar-refractivity contribution in [2.45, 2.75) is 6.92 Å². The van der Waals surface area contributed by atoms with Crippen LogP contribution in [0, 0.1) is 0 Å². The fraction of sp³-hybridized carbons (Fsp3) is 0.0526. The van der Waals surface area contributed by atoms with Crippen LogP contribution in [0.25, 0.3) is 10.8 Å². The Labute approximate surface area is 159 Å². The third kappa shape index (κ3) is 3.90. The van der Waals surface area contributed by atoms with Gasteiger partial charge < -0.3 is 5.11 Å². The quantitative estimate of drug-likeness (QED) is 0.337. The summed E-state index contributed by atoms with van der Waals surface area (Å²) in [4.78, 5) is 16.7. The third-order valence-electron chi connectivity index (χ3n) is 3.72. The number of phenolic OH excluding ortho intramolecular Hbond substituents is 1. The second-order valence-electron chi connectivity index (χ2n) is 5.49. The number of oxime groups is 1. The summed E-state index contributed by atoms with van der Waals surface area (Å²) in [5.41, 5.74) is 1.26. The highest BCUT2D eigenvalue weighted by Crippen LogP contribution is 2.29. The van der Waals surface area contributed by atoms with Crippen LogP contribution in [-0.4, -0.2) is 16.9 Å². The van der Waals surface area contributed by atoms with Crippen LogP contribution in [0.3, 0.4) is 0 Å². The zero-order valence-corrected chi connectivity index (χ0v) is 15.2. The molecule has 0 heterocycles. The minimum atomic E-state index is -0.789.